The number of benzene rings is 1. The molecule has 0 spiro atoms. The monoisotopic (exact) mass is 279 g/mol. The maximum atomic E-state index is 12.0. The molecule has 1 saturated heterocycles. The number of imide groups is 1. The lowest BCUT2D eigenvalue weighted by molar-refractivity contribution is -0.797. The molecule has 20 heavy (non-hydrogen) atoms. The molecule has 0 saturated carbocycles. The second kappa shape index (κ2) is 5.30. The Kier molecular flexibility index (Phi) is 3.71. The maximum absolute atomic E-state index is 12.0. The third kappa shape index (κ3) is 2.12. The fraction of sp³-hybridized carbons (Fsp3) is 0.308. The van der Waals surface area contributed by atoms with Gasteiger partial charge in [-0.15, -0.1) is 4.48 Å². The molecule has 7 nitrogen and oxygen atoms in total. The molecule has 1 heterocycles. The summed E-state index contributed by atoms with van der Waals surface area (Å²) in [6.07, 6.45) is -1.38. The van der Waals surface area contributed by atoms with Gasteiger partial charge in [0.1, 0.15) is 6.54 Å². The number of methoxy groups -OCH3 is 1. The van der Waals surface area contributed by atoms with E-state index in [0.717, 1.165) is 0 Å². The number of esters is 1. The van der Waals surface area contributed by atoms with Crippen molar-refractivity contribution in [2.45, 2.75) is 12.6 Å². The van der Waals surface area contributed by atoms with Crippen molar-refractivity contribution in [1.29, 1.82) is 0 Å². The van der Waals surface area contributed by atoms with Gasteiger partial charge in [0.05, 0.1) is 13.7 Å². The van der Waals surface area contributed by atoms with Gasteiger partial charge in [-0.3, -0.25) is 5.32 Å². The number of ether oxygens (including phenoxy) is 1. The molecular formula is C13H15N2O5+. The Balaban J connectivity index is 2.44. The Morgan fingerprint density at radius 2 is 2.05 bits per heavy atom. The van der Waals surface area contributed by atoms with Crippen molar-refractivity contribution in [1.82, 2.24) is 5.32 Å². The standard InChI is InChI=1S/C13H14N2O5/c1-20-11(16)10-7-14-12(17)15(10,13(18)19)8-9-5-3-2-4-6-9/h2-6,10H,7-8H2,1H3,(H-,14,17,18,19)/p+1. The van der Waals surface area contributed by atoms with Gasteiger partial charge >= 0.3 is 18.1 Å². The van der Waals surface area contributed by atoms with Crippen LogP contribution in [0.15, 0.2) is 30.3 Å². The maximum Gasteiger partial charge on any atom is 0.523 e. The molecule has 1 aliphatic rings. The van der Waals surface area contributed by atoms with E-state index in [4.69, 9.17) is 0 Å². The molecular weight excluding hydrogens is 264 g/mol. The largest absolute Gasteiger partial charge is 0.523 e. The number of nitrogens with zero attached hydrogens (tertiary/aromatic N) is 1. The second-order valence-corrected chi connectivity index (χ2v) is 4.52. The smallest absolute Gasteiger partial charge is 0.465 e. The second-order valence-electron chi connectivity index (χ2n) is 4.52. The SMILES string of the molecule is COC(=O)C1CNC(=O)[N+]1(Cc1ccccc1)C(=O)O. The Labute approximate surface area is 115 Å². The molecule has 0 aromatic heterocycles. The van der Waals surface area contributed by atoms with Crippen LogP contribution in [-0.2, 0) is 16.1 Å². The van der Waals surface area contributed by atoms with Crippen molar-refractivity contribution >= 4 is 18.1 Å². The quantitative estimate of drug-likeness (QED) is 0.634. The van der Waals surface area contributed by atoms with E-state index in [1.54, 1.807) is 30.3 Å². The van der Waals surface area contributed by atoms with Crippen LogP contribution in [0.4, 0.5) is 9.59 Å². The molecule has 106 valence electrons. The molecule has 1 aliphatic heterocycles. The zero-order valence-corrected chi connectivity index (χ0v) is 10.9. The summed E-state index contributed by atoms with van der Waals surface area (Å²) in [7, 11) is 1.17. The van der Waals surface area contributed by atoms with Crippen molar-refractivity contribution in [2.24, 2.45) is 0 Å². The summed E-state index contributed by atoms with van der Waals surface area (Å²) in [5.41, 5.74) is 0.654. The number of urea groups is 1. The number of nitrogens with one attached hydrogen (secondary N) is 1. The van der Waals surface area contributed by atoms with Crippen molar-refractivity contribution < 1.29 is 28.7 Å². The van der Waals surface area contributed by atoms with E-state index in [2.05, 4.69) is 10.1 Å². The van der Waals surface area contributed by atoms with Crippen LogP contribution in [0.25, 0.3) is 0 Å². The van der Waals surface area contributed by atoms with E-state index >= 15 is 0 Å². The van der Waals surface area contributed by atoms with Crippen LogP contribution in [0.5, 0.6) is 0 Å². The van der Waals surface area contributed by atoms with Gasteiger partial charge in [0, 0.05) is 5.56 Å². The summed E-state index contributed by atoms with van der Waals surface area (Å²) in [6.45, 7) is -0.160. The Bertz CT molecular complexity index is 545. The fourth-order valence-corrected chi connectivity index (χ4v) is 2.36. The van der Waals surface area contributed by atoms with E-state index in [-0.39, 0.29) is 13.1 Å². The predicted molar refractivity (Wildman–Crippen MR) is 67.6 cm³/mol. The highest BCUT2D eigenvalue weighted by Gasteiger charge is 2.60. The lowest BCUT2D eigenvalue weighted by Crippen LogP contribution is -2.61. The first-order valence-corrected chi connectivity index (χ1v) is 6.03. The van der Waals surface area contributed by atoms with Crippen LogP contribution in [0.3, 0.4) is 0 Å². The molecule has 2 unspecified atom stereocenters. The van der Waals surface area contributed by atoms with E-state index in [0.29, 0.717) is 5.56 Å². The van der Waals surface area contributed by atoms with E-state index in [9.17, 15) is 19.5 Å². The van der Waals surface area contributed by atoms with Crippen molar-refractivity contribution in [3.8, 4) is 0 Å². The van der Waals surface area contributed by atoms with Crippen molar-refractivity contribution in [3.05, 3.63) is 35.9 Å². The first kappa shape index (κ1) is 14.0. The predicted octanol–water partition coefficient (Wildman–Crippen LogP) is 0.946. The summed E-state index contributed by atoms with van der Waals surface area (Å²) in [5.74, 6) is -0.721. The summed E-state index contributed by atoms with van der Waals surface area (Å²) in [6, 6.07) is 6.90. The lowest BCUT2D eigenvalue weighted by Gasteiger charge is -2.28. The third-order valence-corrected chi connectivity index (χ3v) is 3.43. The van der Waals surface area contributed by atoms with Crippen LogP contribution in [-0.4, -0.2) is 47.4 Å². The first-order chi connectivity index (χ1) is 9.52. The number of quaternary nitrogens is 1. The highest BCUT2D eigenvalue weighted by molar-refractivity contribution is 5.88. The number of amides is 3. The van der Waals surface area contributed by atoms with Gasteiger partial charge in [0.15, 0.2) is 0 Å². The van der Waals surface area contributed by atoms with Gasteiger partial charge in [0.2, 0.25) is 6.04 Å². The first-order valence-electron chi connectivity index (χ1n) is 6.03. The van der Waals surface area contributed by atoms with Gasteiger partial charge in [-0.05, 0) is 0 Å². The fourth-order valence-electron chi connectivity index (χ4n) is 2.36. The molecule has 7 heteroatoms. The topological polar surface area (TPSA) is 92.7 Å². The van der Waals surface area contributed by atoms with Gasteiger partial charge in [0.25, 0.3) is 0 Å². The van der Waals surface area contributed by atoms with Crippen molar-refractivity contribution in [2.75, 3.05) is 13.7 Å². The lowest BCUT2D eigenvalue weighted by atomic mass is 10.1. The van der Waals surface area contributed by atoms with Gasteiger partial charge < -0.3 is 9.84 Å². The van der Waals surface area contributed by atoms with Crippen LogP contribution in [0, 0.1) is 0 Å². The van der Waals surface area contributed by atoms with E-state index < -0.39 is 28.6 Å². The highest BCUT2D eigenvalue weighted by Crippen LogP contribution is 2.26. The molecule has 0 radical (unpaired) electrons. The van der Waals surface area contributed by atoms with Crippen LogP contribution in [0.2, 0.25) is 0 Å². The average molecular weight is 279 g/mol. The zero-order chi connectivity index (χ0) is 14.8. The molecule has 1 aromatic rings. The Hall–Kier alpha value is -2.41. The third-order valence-electron chi connectivity index (χ3n) is 3.43. The molecule has 0 aliphatic carbocycles. The number of hydrogen-bond acceptors (Lipinski definition) is 4. The molecule has 2 rings (SSSR count). The normalized spacial score (nSPS) is 25.1. The number of carboxylic acid groups (broad SMARTS) is 1. The van der Waals surface area contributed by atoms with Crippen molar-refractivity contribution in [3.63, 3.8) is 0 Å². The number of rotatable bonds is 3. The molecule has 2 atom stereocenters. The number of carbonyl (C=O) groups is 3. The Morgan fingerprint density at radius 3 is 2.60 bits per heavy atom. The number of carbonyl (C=O) groups excluding carboxylic acids is 2. The molecule has 3 amide bonds. The molecule has 2 N–H and O–H groups in total. The van der Waals surface area contributed by atoms with Crippen LogP contribution in [0.1, 0.15) is 5.56 Å². The minimum Gasteiger partial charge on any atom is -0.465 e. The van der Waals surface area contributed by atoms with Crippen LogP contribution >= 0.6 is 0 Å². The van der Waals surface area contributed by atoms with Gasteiger partial charge in [-0.2, -0.15) is 4.79 Å². The zero-order valence-electron chi connectivity index (χ0n) is 10.9. The number of hydrogen-bond donors (Lipinski definition) is 2. The molecule has 1 aromatic carbocycles. The van der Waals surface area contributed by atoms with Gasteiger partial charge in [-0.1, -0.05) is 30.3 Å². The average Bonchev–Trinajstić information content (AvgIpc) is 2.77. The molecule has 1 fully saturated rings. The van der Waals surface area contributed by atoms with E-state index in [1.807, 2.05) is 0 Å². The van der Waals surface area contributed by atoms with Crippen LogP contribution < -0.4 is 5.32 Å². The summed E-state index contributed by atoms with van der Waals surface area (Å²) in [5, 5.41) is 11.9. The summed E-state index contributed by atoms with van der Waals surface area (Å²) in [4.78, 5) is 35.5. The molecule has 0 bridgehead atoms. The summed E-state index contributed by atoms with van der Waals surface area (Å²) >= 11 is 0. The van der Waals surface area contributed by atoms with E-state index in [1.165, 1.54) is 7.11 Å². The van der Waals surface area contributed by atoms with Gasteiger partial charge in [-0.25, -0.2) is 9.59 Å². The highest BCUT2D eigenvalue weighted by atomic mass is 16.5. The summed E-state index contributed by atoms with van der Waals surface area (Å²) < 4.78 is 3.60. The Morgan fingerprint density at radius 1 is 1.40 bits per heavy atom. The minimum absolute atomic E-state index is 0.0510. The minimum atomic E-state index is -1.38.